The van der Waals surface area contributed by atoms with E-state index in [0.29, 0.717) is 12.5 Å². The van der Waals surface area contributed by atoms with E-state index in [-0.39, 0.29) is 0 Å². The van der Waals surface area contributed by atoms with Crippen molar-refractivity contribution in [3.63, 3.8) is 0 Å². The Hall–Kier alpha value is -2.81. The fraction of sp³-hybridized carbons (Fsp3) is 0.227. The number of rotatable bonds is 1. The van der Waals surface area contributed by atoms with Gasteiger partial charge >= 0.3 is 0 Å². The Kier molecular flexibility index (Phi) is 2.96. The van der Waals surface area contributed by atoms with Gasteiger partial charge < -0.3 is 9.72 Å². The summed E-state index contributed by atoms with van der Waals surface area (Å²) in [5.41, 5.74) is 7.18. The van der Waals surface area contributed by atoms with Gasteiger partial charge in [0.05, 0.1) is 11.0 Å². The molecule has 0 atom stereocenters. The van der Waals surface area contributed by atoms with Crippen LogP contribution in [-0.2, 0) is 6.61 Å². The zero-order chi connectivity index (χ0) is 17.1. The molecule has 5 rings (SSSR count). The van der Waals surface area contributed by atoms with Crippen molar-refractivity contribution < 1.29 is 4.74 Å². The van der Waals surface area contributed by atoms with Crippen LogP contribution in [-0.4, -0.2) is 9.97 Å². The number of hydrogen-bond donors (Lipinski definition) is 1. The normalized spacial score (nSPS) is 13.1. The summed E-state index contributed by atoms with van der Waals surface area (Å²) in [7, 11) is 0. The van der Waals surface area contributed by atoms with Crippen LogP contribution in [0.3, 0.4) is 0 Å². The average Bonchev–Trinajstić information content (AvgIpc) is 3.00. The lowest BCUT2D eigenvalue weighted by molar-refractivity contribution is 0.302. The first-order valence-electron chi connectivity index (χ1n) is 8.79. The molecule has 0 aliphatic carbocycles. The topological polar surface area (TPSA) is 37.9 Å². The van der Waals surface area contributed by atoms with Crippen LogP contribution in [0.1, 0.15) is 36.7 Å². The van der Waals surface area contributed by atoms with Crippen molar-refractivity contribution in [1.82, 2.24) is 9.97 Å². The largest absolute Gasteiger partial charge is 0.488 e. The Labute approximate surface area is 146 Å². The first-order chi connectivity index (χ1) is 12.1. The van der Waals surface area contributed by atoms with Crippen molar-refractivity contribution >= 4 is 21.8 Å². The van der Waals surface area contributed by atoms with Gasteiger partial charge in [-0.05, 0) is 53.1 Å². The van der Waals surface area contributed by atoms with Crippen molar-refractivity contribution in [2.24, 2.45) is 0 Å². The van der Waals surface area contributed by atoms with Gasteiger partial charge in [0.15, 0.2) is 0 Å². The minimum atomic E-state index is 0.527. The predicted molar refractivity (Wildman–Crippen MR) is 102 cm³/mol. The molecule has 1 aliphatic rings. The van der Waals surface area contributed by atoms with Crippen LogP contribution in [0.5, 0.6) is 5.75 Å². The van der Waals surface area contributed by atoms with Crippen LogP contribution < -0.4 is 4.74 Å². The summed E-state index contributed by atoms with van der Waals surface area (Å²) in [5.74, 6) is 2.41. The second kappa shape index (κ2) is 5.09. The summed E-state index contributed by atoms with van der Waals surface area (Å²) in [5, 5.41) is 2.34. The molecule has 0 radical (unpaired) electrons. The monoisotopic (exact) mass is 328 g/mol. The van der Waals surface area contributed by atoms with Crippen molar-refractivity contribution in [2.75, 3.05) is 0 Å². The number of ether oxygens (including phenoxy) is 1. The number of hydrogen-bond acceptors (Lipinski definition) is 2. The number of fused-ring (bicyclic) bond motifs is 6. The molecule has 0 amide bonds. The molecule has 0 saturated heterocycles. The smallest absolute Gasteiger partial charge is 0.128 e. The van der Waals surface area contributed by atoms with Crippen LogP contribution in [0.25, 0.3) is 32.9 Å². The van der Waals surface area contributed by atoms with Gasteiger partial charge in [0.2, 0.25) is 0 Å². The van der Waals surface area contributed by atoms with E-state index in [1.807, 2.05) is 6.92 Å². The first-order valence-corrected chi connectivity index (χ1v) is 8.79. The molecule has 0 fully saturated rings. The Morgan fingerprint density at radius 1 is 1.04 bits per heavy atom. The molecule has 1 aromatic heterocycles. The van der Waals surface area contributed by atoms with Crippen LogP contribution >= 0.6 is 0 Å². The number of H-pyrrole nitrogens is 1. The third kappa shape index (κ3) is 2.15. The van der Waals surface area contributed by atoms with Crippen LogP contribution in [0, 0.1) is 6.92 Å². The van der Waals surface area contributed by atoms with Gasteiger partial charge in [0, 0.05) is 10.9 Å². The van der Waals surface area contributed by atoms with Gasteiger partial charge in [0.25, 0.3) is 0 Å². The zero-order valence-electron chi connectivity index (χ0n) is 14.7. The summed E-state index contributed by atoms with van der Waals surface area (Å²) in [4.78, 5) is 7.97. The van der Waals surface area contributed by atoms with Crippen molar-refractivity contribution in [3.8, 4) is 16.9 Å². The number of nitrogens with zero attached hydrogens (tertiary/aromatic N) is 1. The van der Waals surface area contributed by atoms with E-state index >= 15 is 0 Å². The van der Waals surface area contributed by atoms with E-state index in [1.54, 1.807) is 0 Å². The van der Waals surface area contributed by atoms with E-state index in [9.17, 15) is 0 Å². The fourth-order valence-electron chi connectivity index (χ4n) is 3.79. The zero-order valence-corrected chi connectivity index (χ0v) is 14.7. The molecule has 4 aromatic rings. The molecular formula is C22H20N2O. The summed E-state index contributed by atoms with van der Waals surface area (Å²) in [6.07, 6.45) is 0. The van der Waals surface area contributed by atoms with Gasteiger partial charge in [-0.15, -0.1) is 0 Å². The third-order valence-electron chi connectivity index (χ3n) is 5.16. The van der Waals surface area contributed by atoms with Crippen molar-refractivity contribution in [1.29, 1.82) is 0 Å². The number of imidazole rings is 1. The predicted octanol–water partition coefficient (Wildman–Crippen LogP) is 5.71. The van der Waals surface area contributed by atoms with Gasteiger partial charge in [0.1, 0.15) is 18.2 Å². The van der Waals surface area contributed by atoms with Crippen molar-refractivity contribution in [3.05, 3.63) is 59.4 Å². The minimum absolute atomic E-state index is 0.527. The molecule has 0 saturated carbocycles. The maximum Gasteiger partial charge on any atom is 0.128 e. The first kappa shape index (κ1) is 14.5. The molecule has 2 heterocycles. The quantitative estimate of drug-likeness (QED) is 0.486. The molecular weight excluding hydrogens is 308 g/mol. The third-order valence-corrected chi connectivity index (χ3v) is 5.16. The van der Waals surface area contributed by atoms with Crippen LogP contribution in [0.4, 0.5) is 0 Å². The lowest BCUT2D eigenvalue weighted by atomic mass is 9.91. The molecule has 3 aromatic carbocycles. The number of aromatic nitrogens is 2. The van der Waals surface area contributed by atoms with Gasteiger partial charge in [-0.3, -0.25) is 0 Å². The van der Waals surface area contributed by atoms with E-state index in [0.717, 1.165) is 28.0 Å². The molecule has 0 spiro atoms. The number of benzene rings is 3. The molecule has 1 aliphatic heterocycles. The standard InChI is InChI=1S/C22H20N2O/c1-12(2)14-4-6-17-16(8-14)11-25-21-10-18-15(9-19(17)21)5-7-20-22(18)24-13(3)23-20/h4-10,12H,11H2,1-3H3,(H,23,24). The van der Waals surface area contributed by atoms with E-state index in [2.05, 4.69) is 66.3 Å². The molecule has 25 heavy (non-hydrogen) atoms. The Balaban J connectivity index is 1.76. The van der Waals surface area contributed by atoms with Crippen molar-refractivity contribution in [2.45, 2.75) is 33.3 Å². The molecule has 0 unspecified atom stereocenters. The highest BCUT2D eigenvalue weighted by Gasteiger charge is 2.20. The Bertz CT molecular complexity index is 1140. The average molecular weight is 328 g/mol. The summed E-state index contributed by atoms with van der Waals surface area (Å²) < 4.78 is 6.11. The second-order valence-electron chi connectivity index (χ2n) is 7.21. The maximum absolute atomic E-state index is 6.11. The van der Waals surface area contributed by atoms with E-state index < -0.39 is 0 Å². The van der Waals surface area contributed by atoms with E-state index in [1.165, 1.54) is 27.6 Å². The lowest BCUT2D eigenvalue weighted by Crippen LogP contribution is -2.06. The number of nitrogens with one attached hydrogen (secondary N) is 1. The minimum Gasteiger partial charge on any atom is -0.488 e. The Morgan fingerprint density at radius 2 is 1.92 bits per heavy atom. The SMILES string of the molecule is Cc1nc2c(ccc3cc4c(cc32)OCc2cc(C(C)C)ccc2-4)[nH]1. The highest BCUT2D eigenvalue weighted by Crippen LogP contribution is 2.42. The molecule has 3 heteroatoms. The fourth-order valence-corrected chi connectivity index (χ4v) is 3.79. The number of aryl methyl sites for hydroxylation is 1. The maximum atomic E-state index is 6.11. The van der Waals surface area contributed by atoms with Gasteiger partial charge in [-0.2, -0.15) is 0 Å². The molecule has 0 bridgehead atoms. The molecule has 3 nitrogen and oxygen atoms in total. The lowest BCUT2D eigenvalue weighted by Gasteiger charge is -2.23. The highest BCUT2D eigenvalue weighted by atomic mass is 16.5. The summed E-state index contributed by atoms with van der Waals surface area (Å²) in [6.45, 7) is 7.07. The number of aromatic amines is 1. The Morgan fingerprint density at radius 3 is 2.76 bits per heavy atom. The summed E-state index contributed by atoms with van der Waals surface area (Å²) >= 11 is 0. The van der Waals surface area contributed by atoms with Gasteiger partial charge in [-0.1, -0.05) is 38.1 Å². The molecule has 124 valence electrons. The summed E-state index contributed by atoms with van der Waals surface area (Å²) in [6, 6.07) is 15.4. The second-order valence-corrected chi connectivity index (χ2v) is 7.21. The molecule has 1 N–H and O–H groups in total. The van der Waals surface area contributed by atoms with Crippen LogP contribution in [0.15, 0.2) is 42.5 Å². The highest BCUT2D eigenvalue weighted by molar-refractivity contribution is 6.06. The van der Waals surface area contributed by atoms with E-state index in [4.69, 9.17) is 4.74 Å². The van der Waals surface area contributed by atoms with Gasteiger partial charge in [-0.25, -0.2) is 4.98 Å². The van der Waals surface area contributed by atoms with Crippen LogP contribution in [0.2, 0.25) is 0 Å².